The first-order valence-corrected chi connectivity index (χ1v) is 33.1. The van der Waals surface area contributed by atoms with E-state index in [-0.39, 0.29) is 0 Å². The minimum atomic E-state index is 1.17. The molecule has 0 saturated heterocycles. The lowest BCUT2D eigenvalue weighted by Gasteiger charge is -2.13. The van der Waals surface area contributed by atoms with Crippen LogP contribution >= 0.6 is 0 Å². The monoisotopic (exact) mass is 1220 g/mol. The number of para-hydroxylation sites is 6. The fraction of sp³-hybridized carbons (Fsp3) is 0. The van der Waals surface area contributed by atoms with Crippen molar-refractivity contribution in [2.45, 2.75) is 0 Å². The highest BCUT2D eigenvalue weighted by molar-refractivity contribution is 6.15. The lowest BCUT2D eigenvalue weighted by Crippen LogP contribution is -1.95. The van der Waals surface area contributed by atoms with Gasteiger partial charge in [-0.25, -0.2) is 0 Å². The summed E-state index contributed by atoms with van der Waals surface area (Å²) in [6.07, 6.45) is 0. The molecule has 0 fully saturated rings. The average molecular weight is 1220 g/mol. The minimum Gasteiger partial charge on any atom is -0.309 e. The molecule has 4 heterocycles. The van der Waals surface area contributed by atoms with E-state index in [1.807, 2.05) is 0 Å². The first-order chi connectivity index (χ1) is 47.6. The molecular formula is C92H60N4. The van der Waals surface area contributed by atoms with Crippen LogP contribution < -0.4 is 0 Å². The highest BCUT2D eigenvalue weighted by atomic mass is 15.0. The van der Waals surface area contributed by atoms with Gasteiger partial charge in [-0.1, -0.05) is 249 Å². The van der Waals surface area contributed by atoms with E-state index in [0.29, 0.717) is 0 Å². The van der Waals surface area contributed by atoms with Gasteiger partial charge in [-0.15, -0.1) is 0 Å². The smallest absolute Gasteiger partial charge is 0.0541 e. The van der Waals surface area contributed by atoms with Crippen LogP contribution in [0.25, 0.3) is 176 Å². The van der Waals surface area contributed by atoms with Gasteiger partial charge in [0.05, 0.1) is 49.8 Å². The molecule has 448 valence electrons. The topological polar surface area (TPSA) is 19.7 Å². The number of nitrogens with zero attached hydrogens (tertiary/aromatic N) is 4. The Morgan fingerprint density at radius 2 is 0.448 bits per heavy atom. The third-order valence-corrected chi connectivity index (χ3v) is 19.8. The summed E-state index contributed by atoms with van der Waals surface area (Å²) in [5.41, 5.74) is 24.2. The number of rotatable bonds is 8. The molecule has 0 atom stereocenters. The normalized spacial score (nSPS) is 11.8. The quantitative estimate of drug-likeness (QED) is 0.144. The summed E-state index contributed by atoms with van der Waals surface area (Å²) >= 11 is 0. The summed E-state index contributed by atoms with van der Waals surface area (Å²) in [5.74, 6) is 0. The molecule has 4 aromatic heterocycles. The zero-order valence-electron chi connectivity index (χ0n) is 52.4. The lowest BCUT2D eigenvalue weighted by atomic mass is 9.93. The first kappa shape index (κ1) is 54.9. The van der Waals surface area contributed by atoms with Gasteiger partial charge in [0.2, 0.25) is 0 Å². The zero-order chi connectivity index (χ0) is 63.2. The van der Waals surface area contributed by atoms with Crippen LogP contribution in [0.4, 0.5) is 0 Å². The molecule has 0 N–H and O–H groups in total. The van der Waals surface area contributed by atoms with E-state index in [9.17, 15) is 0 Å². The van der Waals surface area contributed by atoms with Gasteiger partial charge in [0.1, 0.15) is 0 Å². The molecule has 0 aliphatic carbocycles. The van der Waals surface area contributed by atoms with Crippen LogP contribution in [-0.4, -0.2) is 18.3 Å². The molecule has 16 aromatic carbocycles. The molecule has 0 amide bonds. The second-order valence-electron chi connectivity index (χ2n) is 25.1. The summed E-state index contributed by atoms with van der Waals surface area (Å²) in [7, 11) is 0. The van der Waals surface area contributed by atoms with E-state index in [2.05, 4.69) is 382 Å². The first-order valence-electron chi connectivity index (χ1n) is 33.1. The molecule has 4 nitrogen and oxygen atoms in total. The van der Waals surface area contributed by atoms with Gasteiger partial charge in [-0.2, -0.15) is 0 Å². The van der Waals surface area contributed by atoms with Crippen LogP contribution in [0, 0.1) is 0 Å². The van der Waals surface area contributed by atoms with Gasteiger partial charge in [0, 0.05) is 65.5 Å². The molecular weight excluding hydrogens is 1160 g/mol. The second kappa shape index (κ2) is 22.5. The number of aromatic nitrogens is 4. The van der Waals surface area contributed by atoms with Gasteiger partial charge >= 0.3 is 0 Å². The van der Waals surface area contributed by atoms with Crippen molar-refractivity contribution < 1.29 is 0 Å². The highest BCUT2D eigenvalue weighted by Crippen LogP contribution is 2.44. The molecule has 0 saturated carbocycles. The maximum Gasteiger partial charge on any atom is 0.0541 e. The van der Waals surface area contributed by atoms with E-state index in [1.54, 1.807) is 0 Å². The third-order valence-electron chi connectivity index (χ3n) is 19.8. The van der Waals surface area contributed by atoms with Crippen LogP contribution in [-0.2, 0) is 0 Å². The molecule has 0 aliphatic heterocycles. The summed E-state index contributed by atoms with van der Waals surface area (Å²) in [5, 5.41) is 15.1. The van der Waals surface area contributed by atoms with Crippen molar-refractivity contribution in [3.05, 3.63) is 364 Å². The van der Waals surface area contributed by atoms with Crippen molar-refractivity contribution in [3.8, 4) is 67.3 Å². The predicted molar refractivity (Wildman–Crippen MR) is 407 cm³/mol. The summed E-state index contributed by atoms with van der Waals surface area (Å²) < 4.78 is 9.59. The molecule has 20 rings (SSSR count). The van der Waals surface area contributed by atoms with Crippen LogP contribution in [0.1, 0.15) is 0 Å². The minimum absolute atomic E-state index is 1.17. The lowest BCUT2D eigenvalue weighted by molar-refractivity contribution is 1.18. The second-order valence-corrected chi connectivity index (χ2v) is 25.1. The molecule has 0 aliphatic rings. The SMILES string of the molecule is c1ccc(-n2c3ccccc3c3cc(-c4ccccc4-c4ccc5c(c4)c4ccccc4n5-c4ccc5ccccc5c4)ccc32)cc1.c1ccc(-n2c3ccccc3c3cc(-c4ccccc4-c4ccc5c(c4)c4ccccc4n5-c4cccc5ccccc45)ccc32)cc1. The van der Waals surface area contributed by atoms with Crippen molar-refractivity contribution in [2.75, 3.05) is 0 Å². The van der Waals surface area contributed by atoms with Crippen molar-refractivity contribution in [1.29, 1.82) is 0 Å². The van der Waals surface area contributed by atoms with Crippen LogP contribution in [0.3, 0.4) is 0 Å². The van der Waals surface area contributed by atoms with Crippen LogP contribution in [0.2, 0.25) is 0 Å². The molecule has 20 aromatic rings. The van der Waals surface area contributed by atoms with Gasteiger partial charge in [0.15, 0.2) is 0 Å². The largest absolute Gasteiger partial charge is 0.309 e. The number of fused-ring (bicyclic) bond motifs is 14. The third kappa shape index (κ3) is 8.91. The Bertz CT molecular complexity index is 6440. The Labute approximate surface area is 554 Å². The van der Waals surface area contributed by atoms with Gasteiger partial charge < -0.3 is 18.3 Å². The van der Waals surface area contributed by atoms with Gasteiger partial charge in [-0.3, -0.25) is 0 Å². The Morgan fingerprint density at radius 1 is 0.146 bits per heavy atom. The van der Waals surface area contributed by atoms with Crippen LogP contribution in [0.15, 0.2) is 364 Å². The van der Waals surface area contributed by atoms with Gasteiger partial charge in [-0.05, 0) is 176 Å². The number of hydrogen-bond donors (Lipinski definition) is 0. The predicted octanol–water partition coefficient (Wildman–Crippen LogP) is 24.7. The van der Waals surface area contributed by atoms with E-state index in [0.717, 1.165) is 0 Å². The highest BCUT2D eigenvalue weighted by Gasteiger charge is 2.21. The number of hydrogen-bond acceptors (Lipinski definition) is 0. The summed E-state index contributed by atoms with van der Waals surface area (Å²) in [4.78, 5) is 0. The van der Waals surface area contributed by atoms with Crippen molar-refractivity contribution in [2.24, 2.45) is 0 Å². The summed E-state index contributed by atoms with van der Waals surface area (Å²) in [6.45, 7) is 0. The van der Waals surface area contributed by atoms with Crippen molar-refractivity contribution in [1.82, 2.24) is 18.3 Å². The Balaban J connectivity index is 0.000000135. The van der Waals surface area contributed by atoms with Crippen LogP contribution in [0.5, 0.6) is 0 Å². The van der Waals surface area contributed by atoms with Gasteiger partial charge in [0.25, 0.3) is 0 Å². The Hall–Kier alpha value is -12.8. The molecule has 0 bridgehead atoms. The van der Waals surface area contributed by atoms with E-state index >= 15 is 0 Å². The van der Waals surface area contributed by atoms with E-state index in [4.69, 9.17) is 0 Å². The maximum atomic E-state index is 2.43. The molecule has 0 unspecified atom stereocenters. The zero-order valence-corrected chi connectivity index (χ0v) is 52.4. The standard InChI is InChI=1S/2C46H30N2/c1-2-15-34(16-3-1)47-43-22-10-8-20-38(43)40-29-32(25-27-45(40)47)35-17-6-7-18-36(35)33-26-28-46-41(30-33)39-21-9-11-23-44(39)48(46)42-24-12-14-31-13-4-5-19-37(31)42;1-2-14-35(15-3-1)47-43-20-10-8-18-39(43)41-29-33(23-26-45(41)47)37-16-6-7-17-38(37)34-24-27-46-42(30-34)40-19-9-11-21-44(40)48(46)36-25-22-31-12-4-5-13-32(31)28-36/h2*1-30H. The summed E-state index contributed by atoms with van der Waals surface area (Å²) in [6, 6.07) is 132. The van der Waals surface area contributed by atoms with Crippen molar-refractivity contribution in [3.63, 3.8) is 0 Å². The molecule has 0 spiro atoms. The van der Waals surface area contributed by atoms with E-state index in [1.165, 1.54) is 176 Å². The fourth-order valence-corrected chi connectivity index (χ4v) is 15.5. The van der Waals surface area contributed by atoms with E-state index < -0.39 is 0 Å². The molecule has 4 heteroatoms. The maximum absolute atomic E-state index is 2.43. The Kier molecular flexibility index (Phi) is 12.9. The Morgan fingerprint density at radius 3 is 0.875 bits per heavy atom. The molecule has 0 radical (unpaired) electrons. The van der Waals surface area contributed by atoms with Crippen molar-refractivity contribution >= 4 is 109 Å². The average Bonchev–Trinajstić information content (AvgIpc) is 1.60. The number of benzene rings is 16. The molecule has 96 heavy (non-hydrogen) atoms. The fourth-order valence-electron chi connectivity index (χ4n) is 15.5.